The molecule has 0 spiro atoms. The van der Waals surface area contributed by atoms with Crippen LogP contribution in [0.3, 0.4) is 0 Å². The van der Waals surface area contributed by atoms with E-state index in [2.05, 4.69) is 15.6 Å². The number of ether oxygens (including phenoxy) is 1. The van der Waals surface area contributed by atoms with Crippen LogP contribution in [0.4, 0.5) is 0 Å². The molecule has 0 bridgehead atoms. The normalized spacial score (nSPS) is 18.5. The summed E-state index contributed by atoms with van der Waals surface area (Å²) in [6, 6.07) is 12.8. The fourth-order valence-corrected chi connectivity index (χ4v) is 7.56. The molecule has 224 valence electrons. The Kier molecular flexibility index (Phi) is 8.16. The zero-order valence-corrected chi connectivity index (χ0v) is 24.8. The first-order valence-electron chi connectivity index (χ1n) is 14.8. The minimum Gasteiger partial charge on any atom is -0.496 e. The zero-order chi connectivity index (χ0) is 30.1. The third kappa shape index (κ3) is 5.73. The van der Waals surface area contributed by atoms with Crippen LogP contribution in [0, 0.1) is 11.8 Å². The molecule has 3 heterocycles. The highest BCUT2D eigenvalue weighted by atomic mass is 32.1. The van der Waals surface area contributed by atoms with Crippen molar-refractivity contribution in [3.8, 4) is 5.75 Å². The molecule has 3 atom stereocenters. The van der Waals surface area contributed by atoms with E-state index in [0.717, 1.165) is 30.4 Å². The predicted molar refractivity (Wildman–Crippen MR) is 164 cm³/mol. The number of aromatic nitrogens is 2. The lowest BCUT2D eigenvalue weighted by Crippen LogP contribution is -2.46. The van der Waals surface area contributed by atoms with Crippen molar-refractivity contribution in [3.63, 3.8) is 0 Å². The van der Waals surface area contributed by atoms with Crippen molar-refractivity contribution >= 4 is 56.0 Å². The maximum atomic E-state index is 14.4. The van der Waals surface area contributed by atoms with E-state index in [9.17, 15) is 19.2 Å². The van der Waals surface area contributed by atoms with Crippen molar-refractivity contribution in [1.82, 2.24) is 20.2 Å². The largest absolute Gasteiger partial charge is 0.496 e. The van der Waals surface area contributed by atoms with Gasteiger partial charge in [0.25, 0.3) is 5.91 Å². The number of hydrogen-bond acceptors (Lipinski definition) is 7. The highest BCUT2D eigenvalue weighted by molar-refractivity contribution is 7.20. The van der Waals surface area contributed by atoms with Crippen LogP contribution < -0.4 is 21.1 Å². The summed E-state index contributed by atoms with van der Waals surface area (Å²) >= 11 is 1.27. The summed E-state index contributed by atoms with van der Waals surface area (Å²) in [5.74, 6) is -1.08. The fraction of sp³-hybridized carbons (Fsp3) is 0.406. The molecular formula is C32H35N5O5S. The number of Topliss-reactive ketones (excluding diaryl/α,β-unsaturated/α-hetero) is 1. The second-order valence-electron chi connectivity index (χ2n) is 11.5. The molecule has 1 aliphatic heterocycles. The lowest BCUT2D eigenvalue weighted by Gasteiger charge is -2.27. The second kappa shape index (κ2) is 12.2. The number of ketones is 1. The fourth-order valence-electron chi connectivity index (χ4n) is 6.60. The van der Waals surface area contributed by atoms with Gasteiger partial charge in [0.05, 0.1) is 28.9 Å². The molecule has 11 heteroatoms. The Bertz CT molecular complexity index is 1670. The average molecular weight is 602 g/mol. The van der Waals surface area contributed by atoms with Crippen LogP contribution in [-0.4, -0.2) is 52.8 Å². The molecule has 1 saturated heterocycles. The number of para-hydroxylation sites is 1. The molecule has 2 fully saturated rings. The summed E-state index contributed by atoms with van der Waals surface area (Å²) in [4.78, 5) is 58.2. The Labute approximate surface area is 253 Å². The molecular weight excluding hydrogens is 566 g/mol. The van der Waals surface area contributed by atoms with Crippen LogP contribution >= 0.6 is 11.3 Å². The Morgan fingerprint density at radius 2 is 1.91 bits per heavy atom. The molecule has 1 aliphatic carbocycles. The number of carbonyl (C=O) groups excluding carboxylic acids is 4. The number of benzene rings is 2. The molecule has 0 unspecified atom stereocenters. The summed E-state index contributed by atoms with van der Waals surface area (Å²) in [5.41, 5.74) is 7.42. The number of nitrogens with one attached hydrogen (secondary N) is 2. The first-order valence-corrected chi connectivity index (χ1v) is 15.6. The van der Waals surface area contributed by atoms with E-state index < -0.39 is 29.8 Å². The van der Waals surface area contributed by atoms with Crippen molar-refractivity contribution in [1.29, 1.82) is 0 Å². The lowest BCUT2D eigenvalue weighted by atomic mass is 9.94. The summed E-state index contributed by atoms with van der Waals surface area (Å²) in [7, 11) is 1.55. The number of methoxy groups -OCH3 is 1. The number of carbonyl (C=O) groups is 4. The number of fused-ring (bicyclic) bond motifs is 2. The van der Waals surface area contributed by atoms with Gasteiger partial charge in [-0.3, -0.25) is 19.2 Å². The summed E-state index contributed by atoms with van der Waals surface area (Å²) in [5, 5.41) is 6.81. The molecule has 3 amide bonds. The Morgan fingerprint density at radius 1 is 1.12 bits per heavy atom. The Balaban J connectivity index is 1.39. The second-order valence-corrected chi connectivity index (χ2v) is 12.5. The van der Waals surface area contributed by atoms with Crippen LogP contribution in [0.15, 0.2) is 48.5 Å². The maximum Gasteiger partial charge on any atom is 0.265 e. The molecule has 2 aromatic heterocycles. The van der Waals surface area contributed by atoms with Gasteiger partial charge in [-0.1, -0.05) is 43.9 Å². The van der Waals surface area contributed by atoms with Gasteiger partial charge in [-0.25, -0.2) is 4.98 Å². The molecule has 6 rings (SSSR count). The minimum atomic E-state index is -0.971. The lowest BCUT2D eigenvalue weighted by molar-refractivity contribution is -0.126. The minimum absolute atomic E-state index is 0.127. The summed E-state index contributed by atoms with van der Waals surface area (Å²) < 4.78 is 8.12. The number of primary amides is 1. The number of thiazole rings is 1. The highest BCUT2D eigenvalue weighted by Gasteiger charge is 2.37. The van der Waals surface area contributed by atoms with Gasteiger partial charge < -0.3 is 25.7 Å². The quantitative estimate of drug-likeness (QED) is 0.218. The monoisotopic (exact) mass is 601 g/mol. The smallest absolute Gasteiger partial charge is 0.265 e. The predicted octanol–water partition coefficient (Wildman–Crippen LogP) is 4.37. The van der Waals surface area contributed by atoms with Gasteiger partial charge in [0.2, 0.25) is 17.6 Å². The third-order valence-electron chi connectivity index (χ3n) is 8.78. The number of nitrogens with two attached hydrogens (primary N) is 1. The van der Waals surface area contributed by atoms with E-state index in [4.69, 9.17) is 10.5 Å². The van der Waals surface area contributed by atoms with Crippen molar-refractivity contribution in [2.45, 2.75) is 57.0 Å². The molecule has 4 aromatic rings. The van der Waals surface area contributed by atoms with E-state index in [-0.39, 0.29) is 34.7 Å². The standard InChI is InChI=1S/C32H35N5O5S/c1-42-26-11-6-10-23-20(26)17-24(29(33)39)37(23)25(15-18-7-2-3-8-18)31(41)35-22(16-19-13-14-34-30(19)40)28(38)32-36-21-9-4-5-12-27(21)43-32/h4-6,9-12,17-19,22,25H,2-3,7-8,13-16H2,1H3,(H2,33,39)(H,34,40)(H,35,41)/t19-,22-,25-/m0/s1. The maximum absolute atomic E-state index is 14.4. The van der Waals surface area contributed by atoms with E-state index in [1.807, 2.05) is 36.4 Å². The van der Waals surface area contributed by atoms with E-state index in [1.165, 1.54) is 11.3 Å². The number of hydrogen-bond donors (Lipinski definition) is 3. The van der Waals surface area contributed by atoms with Gasteiger partial charge in [0, 0.05) is 17.8 Å². The summed E-state index contributed by atoms with van der Waals surface area (Å²) in [6.07, 6.45) is 5.35. The van der Waals surface area contributed by atoms with E-state index in [0.29, 0.717) is 41.6 Å². The first kappa shape index (κ1) is 28.9. The van der Waals surface area contributed by atoms with Crippen LogP contribution in [-0.2, 0) is 9.59 Å². The Morgan fingerprint density at radius 3 is 2.60 bits per heavy atom. The summed E-state index contributed by atoms with van der Waals surface area (Å²) in [6.45, 7) is 0.531. The molecule has 2 aromatic carbocycles. The van der Waals surface area contributed by atoms with Gasteiger partial charge in [-0.05, 0) is 55.5 Å². The average Bonchev–Trinajstić information content (AvgIpc) is 3.81. The van der Waals surface area contributed by atoms with Crippen molar-refractivity contribution < 1.29 is 23.9 Å². The molecule has 1 saturated carbocycles. The highest BCUT2D eigenvalue weighted by Crippen LogP contribution is 2.37. The topological polar surface area (TPSA) is 145 Å². The van der Waals surface area contributed by atoms with Gasteiger partial charge in [-0.2, -0.15) is 0 Å². The molecule has 43 heavy (non-hydrogen) atoms. The van der Waals surface area contributed by atoms with Crippen LogP contribution in [0.1, 0.15) is 71.3 Å². The van der Waals surface area contributed by atoms with Gasteiger partial charge in [-0.15, -0.1) is 11.3 Å². The van der Waals surface area contributed by atoms with Crippen LogP contribution in [0.25, 0.3) is 21.1 Å². The number of rotatable bonds is 11. The molecule has 0 radical (unpaired) electrons. The first-order chi connectivity index (χ1) is 20.8. The molecule has 4 N–H and O–H groups in total. The third-order valence-corrected chi connectivity index (χ3v) is 9.83. The van der Waals surface area contributed by atoms with E-state index in [1.54, 1.807) is 23.8 Å². The van der Waals surface area contributed by atoms with Crippen molar-refractivity contribution in [2.24, 2.45) is 17.6 Å². The van der Waals surface area contributed by atoms with Crippen LogP contribution in [0.5, 0.6) is 5.75 Å². The molecule has 2 aliphatic rings. The van der Waals surface area contributed by atoms with Gasteiger partial charge >= 0.3 is 0 Å². The van der Waals surface area contributed by atoms with Gasteiger partial charge in [0.15, 0.2) is 5.01 Å². The number of amides is 3. The van der Waals surface area contributed by atoms with Crippen molar-refractivity contribution in [2.75, 3.05) is 13.7 Å². The van der Waals surface area contributed by atoms with E-state index >= 15 is 0 Å². The van der Waals surface area contributed by atoms with Gasteiger partial charge in [0.1, 0.15) is 17.5 Å². The zero-order valence-electron chi connectivity index (χ0n) is 24.0. The number of nitrogens with zero attached hydrogens (tertiary/aromatic N) is 2. The van der Waals surface area contributed by atoms with Crippen LogP contribution in [0.2, 0.25) is 0 Å². The molecule has 10 nitrogen and oxygen atoms in total. The Hall–Kier alpha value is -4.25. The van der Waals surface area contributed by atoms with Crippen molar-refractivity contribution in [3.05, 3.63) is 59.2 Å². The SMILES string of the molecule is COc1cccc2c1cc(C(N)=O)n2[C@@H](CC1CCCC1)C(=O)N[C@@H](C[C@@H]1CCNC1=O)C(=O)c1nc2ccccc2s1.